The number of aliphatic carboxylic acids is 1. The number of nitrogens with zero attached hydrogens (tertiary/aromatic N) is 2. The van der Waals surface area contributed by atoms with Crippen molar-refractivity contribution in [3.63, 3.8) is 0 Å². The third-order valence-corrected chi connectivity index (χ3v) is 7.07. The molecule has 0 saturated carbocycles. The Balaban J connectivity index is 2.21. The normalized spacial score (nSPS) is 18.5. The lowest BCUT2D eigenvalue weighted by Gasteiger charge is -2.38. The van der Waals surface area contributed by atoms with Crippen LogP contribution in [0.4, 0.5) is 0 Å². The maximum Gasteiger partial charge on any atom is 0.309 e. The number of methoxy groups -OCH3 is 1. The van der Waals surface area contributed by atoms with Gasteiger partial charge in [-0.2, -0.15) is 4.31 Å². The molecule has 0 spiro atoms. The number of halogens is 2. The van der Waals surface area contributed by atoms with Crippen LogP contribution in [0, 0.1) is 5.41 Å². The highest BCUT2D eigenvalue weighted by atomic mass is 79.9. The fraction of sp³-hybridized carbons (Fsp3) is 0.571. The van der Waals surface area contributed by atoms with Crippen molar-refractivity contribution < 1.29 is 23.1 Å². The number of carboxylic acid groups (broad SMARTS) is 1. The SMILES string of the molecule is COCCC1(C(=O)O)CCN(S(=O)(=O)c2cc(Br)cnc2Cl)CC1. The molecule has 1 N–H and O–H groups in total. The Morgan fingerprint density at radius 1 is 1.50 bits per heavy atom. The van der Waals surface area contributed by atoms with Gasteiger partial charge in [-0.1, -0.05) is 11.6 Å². The van der Waals surface area contributed by atoms with Gasteiger partial charge in [-0.05, 0) is 41.3 Å². The first-order valence-corrected chi connectivity index (χ1v) is 9.87. The van der Waals surface area contributed by atoms with Gasteiger partial charge >= 0.3 is 5.97 Å². The van der Waals surface area contributed by atoms with Crippen LogP contribution in [0.15, 0.2) is 21.6 Å². The second kappa shape index (κ2) is 7.65. The summed E-state index contributed by atoms with van der Waals surface area (Å²) in [5, 5.41) is 9.44. The van der Waals surface area contributed by atoms with Crippen LogP contribution in [-0.2, 0) is 19.6 Å². The second-order valence-electron chi connectivity index (χ2n) is 5.67. The monoisotopic (exact) mass is 440 g/mol. The Labute approximate surface area is 154 Å². The largest absolute Gasteiger partial charge is 0.481 e. The topological polar surface area (TPSA) is 96.8 Å². The first kappa shape index (κ1) is 19.6. The lowest BCUT2D eigenvalue weighted by atomic mass is 9.76. The number of aromatic nitrogens is 1. The van der Waals surface area contributed by atoms with E-state index in [4.69, 9.17) is 16.3 Å². The number of hydrogen-bond donors (Lipinski definition) is 1. The fourth-order valence-corrected chi connectivity index (χ4v) is 5.11. The van der Waals surface area contributed by atoms with Gasteiger partial charge in [-0.15, -0.1) is 0 Å². The molecule has 0 atom stereocenters. The van der Waals surface area contributed by atoms with Crippen LogP contribution in [0.1, 0.15) is 19.3 Å². The summed E-state index contributed by atoms with van der Waals surface area (Å²) < 4.78 is 32.3. The van der Waals surface area contributed by atoms with Gasteiger partial charge in [0, 0.05) is 37.5 Å². The number of ether oxygens (including phenoxy) is 1. The van der Waals surface area contributed by atoms with Gasteiger partial charge in [-0.25, -0.2) is 13.4 Å². The molecule has 1 saturated heterocycles. The minimum Gasteiger partial charge on any atom is -0.481 e. The predicted octanol–water partition coefficient (Wildman–Crippen LogP) is 2.39. The highest BCUT2D eigenvalue weighted by molar-refractivity contribution is 9.10. The van der Waals surface area contributed by atoms with E-state index in [1.165, 1.54) is 23.7 Å². The van der Waals surface area contributed by atoms with E-state index in [0.29, 0.717) is 17.5 Å². The molecule has 134 valence electrons. The molecule has 1 aliphatic rings. The van der Waals surface area contributed by atoms with E-state index in [0.717, 1.165) is 0 Å². The Hall–Kier alpha value is -0.740. The third-order valence-electron chi connectivity index (χ3n) is 4.31. The number of hydrogen-bond acceptors (Lipinski definition) is 5. The Morgan fingerprint density at radius 3 is 2.67 bits per heavy atom. The standard InChI is InChI=1S/C14H18BrClN2O5S/c1-23-7-4-14(13(19)20)2-5-18(6-3-14)24(21,22)11-8-10(15)9-17-12(11)16/h8-9H,2-7H2,1H3,(H,19,20). The van der Waals surface area contributed by atoms with Crippen LogP contribution in [-0.4, -0.2) is 55.6 Å². The highest BCUT2D eigenvalue weighted by Gasteiger charge is 2.44. The summed E-state index contributed by atoms with van der Waals surface area (Å²) in [6.45, 7) is 0.544. The summed E-state index contributed by atoms with van der Waals surface area (Å²) in [6.07, 6.45) is 2.22. The van der Waals surface area contributed by atoms with Crippen molar-refractivity contribution in [2.24, 2.45) is 5.41 Å². The molecule has 1 fully saturated rings. The number of piperidine rings is 1. The van der Waals surface area contributed by atoms with Crippen LogP contribution in [0.3, 0.4) is 0 Å². The summed E-state index contributed by atoms with van der Waals surface area (Å²) in [4.78, 5) is 15.4. The minimum absolute atomic E-state index is 0.0849. The van der Waals surface area contributed by atoms with E-state index >= 15 is 0 Å². The molecule has 24 heavy (non-hydrogen) atoms. The van der Waals surface area contributed by atoms with E-state index < -0.39 is 21.4 Å². The van der Waals surface area contributed by atoms with Crippen molar-refractivity contribution in [1.82, 2.24) is 9.29 Å². The van der Waals surface area contributed by atoms with E-state index in [-0.39, 0.29) is 36.0 Å². The summed E-state index contributed by atoms with van der Waals surface area (Å²) >= 11 is 9.11. The van der Waals surface area contributed by atoms with Gasteiger partial charge in [-0.3, -0.25) is 4.79 Å². The Kier molecular flexibility index (Phi) is 6.24. The smallest absolute Gasteiger partial charge is 0.309 e. The van der Waals surface area contributed by atoms with Crippen molar-refractivity contribution >= 4 is 43.5 Å². The molecule has 0 aromatic carbocycles. The molecule has 1 aromatic rings. The minimum atomic E-state index is -3.83. The molecule has 0 bridgehead atoms. The summed E-state index contributed by atoms with van der Waals surface area (Å²) in [6, 6.07) is 1.40. The molecule has 0 radical (unpaired) electrons. The summed E-state index contributed by atoms with van der Waals surface area (Å²) in [5.74, 6) is -0.918. The predicted molar refractivity (Wildman–Crippen MR) is 91.5 cm³/mol. The Bertz CT molecular complexity index is 720. The third kappa shape index (κ3) is 3.91. The van der Waals surface area contributed by atoms with E-state index in [9.17, 15) is 18.3 Å². The van der Waals surface area contributed by atoms with Crippen molar-refractivity contribution in [2.75, 3.05) is 26.8 Å². The van der Waals surface area contributed by atoms with Gasteiger partial charge in [0.2, 0.25) is 10.0 Å². The fourth-order valence-electron chi connectivity index (χ4n) is 2.75. The molecule has 2 heterocycles. The molecule has 0 aliphatic carbocycles. The van der Waals surface area contributed by atoms with Crippen LogP contribution in [0.5, 0.6) is 0 Å². The maximum absolute atomic E-state index is 12.8. The zero-order chi connectivity index (χ0) is 18.0. The van der Waals surface area contributed by atoms with Crippen LogP contribution in [0.2, 0.25) is 5.15 Å². The number of carbonyl (C=O) groups is 1. The van der Waals surface area contributed by atoms with Gasteiger partial charge < -0.3 is 9.84 Å². The first-order chi connectivity index (χ1) is 11.2. The van der Waals surface area contributed by atoms with Crippen LogP contribution < -0.4 is 0 Å². The van der Waals surface area contributed by atoms with Crippen LogP contribution >= 0.6 is 27.5 Å². The van der Waals surface area contributed by atoms with Crippen molar-refractivity contribution in [2.45, 2.75) is 24.2 Å². The summed E-state index contributed by atoms with van der Waals surface area (Å²) in [5.41, 5.74) is -0.957. The van der Waals surface area contributed by atoms with Gasteiger partial charge in [0.25, 0.3) is 0 Å². The van der Waals surface area contributed by atoms with Gasteiger partial charge in [0.05, 0.1) is 5.41 Å². The lowest BCUT2D eigenvalue weighted by molar-refractivity contribution is -0.152. The zero-order valence-corrected chi connectivity index (χ0v) is 16.2. The Morgan fingerprint density at radius 2 is 2.12 bits per heavy atom. The maximum atomic E-state index is 12.8. The zero-order valence-electron chi connectivity index (χ0n) is 13.0. The molecular weight excluding hydrogens is 424 g/mol. The van der Waals surface area contributed by atoms with Crippen molar-refractivity contribution in [1.29, 1.82) is 0 Å². The van der Waals surface area contributed by atoms with Crippen molar-refractivity contribution in [3.8, 4) is 0 Å². The molecule has 7 nitrogen and oxygen atoms in total. The number of sulfonamides is 1. The number of carboxylic acids is 1. The van der Waals surface area contributed by atoms with Crippen molar-refractivity contribution in [3.05, 3.63) is 21.9 Å². The average Bonchev–Trinajstić information content (AvgIpc) is 2.55. The summed E-state index contributed by atoms with van der Waals surface area (Å²) in [7, 11) is -2.32. The van der Waals surface area contributed by atoms with E-state index in [2.05, 4.69) is 20.9 Å². The number of rotatable bonds is 6. The number of pyridine rings is 1. The average molecular weight is 442 g/mol. The highest BCUT2D eigenvalue weighted by Crippen LogP contribution is 2.38. The van der Waals surface area contributed by atoms with Gasteiger partial charge in [0.15, 0.2) is 0 Å². The van der Waals surface area contributed by atoms with E-state index in [1.807, 2.05) is 0 Å². The molecule has 10 heteroatoms. The molecule has 0 amide bonds. The van der Waals surface area contributed by atoms with E-state index in [1.54, 1.807) is 0 Å². The molecule has 1 aromatic heterocycles. The van der Waals surface area contributed by atoms with Gasteiger partial charge in [0.1, 0.15) is 10.0 Å². The molecule has 1 aliphatic heterocycles. The molecule has 0 unspecified atom stereocenters. The van der Waals surface area contributed by atoms with Crippen LogP contribution in [0.25, 0.3) is 0 Å². The molecular formula is C14H18BrClN2O5S. The second-order valence-corrected chi connectivity index (χ2v) is 8.85. The lowest BCUT2D eigenvalue weighted by Crippen LogP contribution is -2.47. The first-order valence-electron chi connectivity index (χ1n) is 7.26. The quantitative estimate of drug-likeness (QED) is 0.681. The molecule has 2 rings (SSSR count).